The van der Waals surface area contributed by atoms with Crippen LogP contribution in [0.3, 0.4) is 0 Å². The van der Waals surface area contributed by atoms with Crippen LogP contribution in [-0.2, 0) is 9.59 Å². The molecular formula is C24H29FN2O2. The number of piperidine rings is 1. The first-order valence-electron chi connectivity index (χ1n) is 10.5. The summed E-state index contributed by atoms with van der Waals surface area (Å²) >= 11 is 0. The van der Waals surface area contributed by atoms with Gasteiger partial charge in [-0.3, -0.25) is 9.59 Å². The number of halogens is 1. The van der Waals surface area contributed by atoms with E-state index in [0.29, 0.717) is 12.2 Å². The summed E-state index contributed by atoms with van der Waals surface area (Å²) in [5, 5.41) is 3.00. The van der Waals surface area contributed by atoms with Crippen molar-refractivity contribution in [2.75, 3.05) is 18.4 Å². The maximum absolute atomic E-state index is 13.2. The van der Waals surface area contributed by atoms with Gasteiger partial charge in [0, 0.05) is 24.7 Å². The minimum atomic E-state index is -0.275. The van der Waals surface area contributed by atoms with Gasteiger partial charge in [-0.15, -0.1) is 0 Å². The van der Waals surface area contributed by atoms with Crippen molar-refractivity contribution in [1.82, 2.24) is 4.90 Å². The van der Waals surface area contributed by atoms with Crippen molar-refractivity contribution >= 4 is 17.5 Å². The van der Waals surface area contributed by atoms with Gasteiger partial charge in [-0.05, 0) is 61.1 Å². The lowest BCUT2D eigenvalue weighted by Gasteiger charge is -2.34. The standard InChI is InChI=1S/C24H29FN2O2/c1-3-17(4-2)24(29)27-14-6-8-20(16-27)23(28)26-22-9-5-7-19(15-22)18-10-12-21(25)13-11-18/h5,7,9-13,15,17,20H,3-4,6,8,14,16H2,1-2H3,(H,26,28). The van der Waals surface area contributed by atoms with Crippen molar-refractivity contribution in [1.29, 1.82) is 0 Å². The van der Waals surface area contributed by atoms with Crippen LogP contribution in [0.1, 0.15) is 39.5 Å². The van der Waals surface area contributed by atoms with Crippen LogP contribution in [0.25, 0.3) is 11.1 Å². The average molecular weight is 397 g/mol. The van der Waals surface area contributed by atoms with Gasteiger partial charge in [0.05, 0.1) is 5.92 Å². The Kier molecular flexibility index (Phi) is 7.02. The average Bonchev–Trinajstić information content (AvgIpc) is 2.75. The van der Waals surface area contributed by atoms with Crippen LogP contribution >= 0.6 is 0 Å². The molecule has 2 aromatic rings. The molecule has 0 spiro atoms. The van der Waals surface area contributed by atoms with Gasteiger partial charge in [-0.25, -0.2) is 4.39 Å². The fourth-order valence-corrected chi connectivity index (χ4v) is 3.95. The lowest BCUT2D eigenvalue weighted by atomic mass is 9.94. The molecule has 1 N–H and O–H groups in total. The summed E-state index contributed by atoms with van der Waals surface area (Å²) in [5.41, 5.74) is 2.51. The Balaban J connectivity index is 1.66. The number of carbonyl (C=O) groups excluding carboxylic acids is 2. The number of amides is 2. The number of likely N-dealkylation sites (tertiary alicyclic amines) is 1. The Bertz CT molecular complexity index is 846. The van der Waals surface area contributed by atoms with E-state index in [9.17, 15) is 14.0 Å². The normalized spacial score (nSPS) is 16.7. The highest BCUT2D eigenvalue weighted by Gasteiger charge is 2.30. The topological polar surface area (TPSA) is 49.4 Å². The summed E-state index contributed by atoms with van der Waals surface area (Å²) in [5.74, 6) is -0.308. The molecule has 1 unspecified atom stereocenters. The van der Waals surface area contributed by atoms with Crippen molar-refractivity contribution in [3.63, 3.8) is 0 Å². The maximum atomic E-state index is 13.2. The number of hydrogen-bond acceptors (Lipinski definition) is 2. The highest BCUT2D eigenvalue weighted by molar-refractivity contribution is 5.94. The second kappa shape index (κ2) is 9.68. The molecule has 1 fully saturated rings. The molecule has 1 heterocycles. The lowest BCUT2D eigenvalue weighted by Crippen LogP contribution is -2.45. The highest BCUT2D eigenvalue weighted by Crippen LogP contribution is 2.25. The number of nitrogens with one attached hydrogen (secondary N) is 1. The Morgan fingerprint density at radius 3 is 2.52 bits per heavy atom. The zero-order valence-corrected chi connectivity index (χ0v) is 17.2. The van der Waals surface area contributed by atoms with E-state index in [1.54, 1.807) is 12.1 Å². The number of benzene rings is 2. The highest BCUT2D eigenvalue weighted by atomic mass is 19.1. The second-order valence-corrected chi connectivity index (χ2v) is 7.71. The van der Waals surface area contributed by atoms with Crippen LogP contribution in [0.15, 0.2) is 48.5 Å². The van der Waals surface area contributed by atoms with Gasteiger partial charge in [0.2, 0.25) is 11.8 Å². The smallest absolute Gasteiger partial charge is 0.229 e. The molecule has 154 valence electrons. The van der Waals surface area contributed by atoms with E-state index in [1.165, 1.54) is 12.1 Å². The molecule has 1 aliphatic rings. The summed E-state index contributed by atoms with van der Waals surface area (Å²) < 4.78 is 13.2. The Hall–Kier alpha value is -2.69. The molecule has 2 aromatic carbocycles. The second-order valence-electron chi connectivity index (χ2n) is 7.71. The first-order valence-corrected chi connectivity index (χ1v) is 10.5. The van der Waals surface area contributed by atoms with Crippen LogP contribution in [0.2, 0.25) is 0 Å². The van der Waals surface area contributed by atoms with Crippen LogP contribution in [0.5, 0.6) is 0 Å². The fourth-order valence-electron chi connectivity index (χ4n) is 3.95. The number of nitrogens with zero attached hydrogens (tertiary/aromatic N) is 1. The number of hydrogen-bond donors (Lipinski definition) is 1. The van der Waals surface area contributed by atoms with E-state index in [-0.39, 0.29) is 29.5 Å². The fraction of sp³-hybridized carbons (Fsp3) is 0.417. The SMILES string of the molecule is CCC(CC)C(=O)N1CCCC(C(=O)Nc2cccc(-c3ccc(F)cc3)c2)C1. The molecule has 0 saturated carbocycles. The third kappa shape index (κ3) is 5.22. The van der Waals surface area contributed by atoms with Gasteiger partial charge < -0.3 is 10.2 Å². The molecule has 1 saturated heterocycles. The largest absolute Gasteiger partial charge is 0.342 e. The summed E-state index contributed by atoms with van der Waals surface area (Å²) in [4.78, 5) is 27.4. The van der Waals surface area contributed by atoms with E-state index < -0.39 is 0 Å². The minimum absolute atomic E-state index is 0.0456. The van der Waals surface area contributed by atoms with Gasteiger partial charge in [0.1, 0.15) is 5.82 Å². The molecule has 0 aromatic heterocycles. The molecular weight excluding hydrogens is 367 g/mol. The minimum Gasteiger partial charge on any atom is -0.342 e. The van der Waals surface area contributed by atoms with Crippen LogP contribution in [0, 0.1) is 17.7 Å². The van der Waals surface area contributed by atoms with Gasteiger partial charge in [-0.2, -0.15) is 0 Å². The molecule has 5 heteroatoms. The van der Waals surface area contributed by atoms with Gasteiger partial charge in [0.15, 0.2) is 0 Å². The Morgan fingerprint density at radius 1 is 1.10 bits per heavy atom. The lowest BCUT2D eigenvalue weighted by molar-refractivity contribution is -0.138. The summed E-state index contributed by atoms with van der Waals surface area (Å²) in [6.07, 6.45) is 3.30. The first kappa shape index (κ1) is 21.0. The van der Waals surface area contributed by atoms with E-state index >= 15 is 0 Å². The quantitative estimate of drug-likeness (QED) is 0.738. The van der Waals surface area contributed by atoms with Crippen molar-refractivity contribution < 1.29 is 14.0 Å². The van der Waals surface area contributed by atoms with Crippen LogP contribution < -0.4 is 5.32 Å². The monoisotopic (exact) mass is 396 g/mol. The predicted molar refractivity (Wildman–Crippen MR) is 114 cm³/mol. The van der Waals surface area contributed by atoms with Crippen molar-refractivity contribution in [3.05, 3.63) is 54.3 Å². The van der Waals surface area contributed by atoms with E-state index in [4.69, 9.17) is 0 Å². The van der Waals surface area contributed by atoms with Gasteiger partial charge in [-0.1, -0.05) is 38.1 Å². The van der Waals surface area contributed by atoms with Gasteiger partial charge in [0.25, 0.3) is 0 Å². The Morgan fingerprint density at radius 2 is 1.83 bits per heavy atom. The molecule has 1 atom stereocenters. The number of carbonyl (C=O) groups is 2. The van der Waals surface area contributed by atoms with Crippen LogP contribution in [-0.4, -0.2) is 29.8 Å². The molecule has 0 radical (unpaired) electrons. The van der Waals surface area contributed by atoms with Gasteiger partial charge >= 0.3 is 0 Å². The summed E-state index contributed by atoms with van der Waals surface area (Å²) in [6, 6.07) is 13.8. The zero-order valence-electron chi connectivity index (χ0n) is 17.2. The predicted octanol–water partition coefficient (Wildman–Crippen LogP) is 5.11. The third-order valence-electron chi connectivity index (χ3n) is 5.75. The molecule has 2 amide bonds. The molecule has 0 aliphatic carbocycles. The number of rotatable bonds is 6. The number of anilines is 1. The summed E-state index contributed by atoms with van der Waals surface area (Å²) in [6.45, 7) is 5.29. The molecule has 3 rings (SSSR count). The van der Waals surface area contributed by atoms with E-state index in [2.05, 4.69) is 5.32 Å². The Labute approximate surface area is 172 Å². The van der Waals surface area contributed by atoms with Crippen LogP contribution in [0.4, 0.5) is 10.1 Å². The van der Waals surface area contributed by atoms with Crippen molar-refractivity contribution in [2.45, 2.75) is 39.5 Å². The summed E-state index contributed by atoms with van der Waals surface area (Å²) in [7, 11) is 0. The molecule has 1 aliphatic heterocycles. The molecule has 0 bridgehead atoms. The zero-order chi connectivity index (χ0) is 20.8. The first-order chi connectivity index (χ1) is 14.0. The maximum Gasteiger partial charge on any atom is 0.229 e. The van der Waals surface area contributed by atoms with E-state index in [0.717, 1.165) is 43.4 Å². The van der Waals surface area contributed by atoms with Crippen molar-refractivity contribution in [3.8, 4) is 11.1 Å². The van der Waals surface area contributed by atoms with Crippen molar-refractivity contribution in [2.24, 2.45) is 11.8 Å². The molecule has 4 nitrogen and oxygen atoms in total. The molecule has 29 heavy (non-hydrogen) atoms. The third-order valence-corrected chi connectivity index (χ3v) is 5.75. The van der Waals surface area contributed by atoms with E-state index in [1.807, 2.05) is 43.0 Å².